The van der Waals surface area contributed by atoms with Gasteiger partial charge in [0.2, 0.25) is 11.9 Å². The number of aliphatic hydroxyl groups is 1. The highest BCUT2D eigenvalue weighted by Gasteiger charge is 2.40. The smallest absolute Gasteiger partial charge is 0.419 e. The van der Waals surface area contributed by atoms with Crippen molar-refractivity contribution in [3.05, 3.63) is 65.0 Å². The highest BCUT2D eigenvalue weighted by atomic mass is 19.4. The number of alkyl halides is 3. The molecule has 1 aromatic heterocycles. The highest BCUT2D eigenvalue weighted by Crippen LogP contribution is 2.41. The number of fused-ring (bicyclic) bond motifs is 1. The first-order valence-electron chi connectivity index (χ1n) is 15.4. The Kier molecular flexibility index (Phi) is 8.38. The summed E-state index contributed by atoms with van der Waals surface area (Å²) in [7, 11) is 1.55. The van der Waals surface area contributed by atoms with Gasteiger partial charge < -0.3 is 25.4 Å². The Morgan fingerprint density at radius 1 is 1.11 bits per heavy atom. The van der Waals surface area contributed by atoms with Crippen LogP contribution in [0.4, 0.5) is 36.2 Å². The molecule has 3 aromatic rings. The molecule has 2 fully saturated rings. The first-order valence-corrected chi connectivity index (χ1v) is 15.4. The summed E-state index contributed by atoms with van der Waals surface area (Å²) in [5.41, 5.74) is 2.04. The molecule has 3 aliphatic heterocycles. The number of hydrogen-bond acceptors (Lipinski definition) is 8. The van der Waals surface area contributed by atoms with Gasteiger partial charge in [0, 0.05) is 55.9 Å². The number of carbonyl (C=O) groups is 1. The van der Waals surface area contributed by atoms with Crippen LogP contribution in [0.15, 0.2) is 42.6 Å². The number of carbonyl (C=O) groups excluding carboxylic acids is 1. The van der Waals surface area contributed by atoms with Crippen LogP contribution in [0.3, 0.4) is 0 Å². The van der Waals surface area contributed by atoms with Crippen LogP contribution in [0.1, 0.15) is 55.5 Å². The third-order valence-electron chi connectivity index (χ3n) is 9.37. The average Bonchev–Trinajstić information content (AvgIpc) is 3.55. The van der Waals surface area contributed by atoms with Gasteiger partial charge in [-0.25, -0.2) is 9.97 Å². The molecular formula is C33H39F3N6O3. The topological polar surface area (TPSA) is 103 Å². The fraction of sp³-hybridized carbons (Fsp3) is 0.485. The van der Waals surface area contributed by atoms with E-state index in [-0.39, 0.29) is 36.5 Å². The van der Waals surface area contributed by atoms with Gasteiger partial charge in [0.05, 0.1) is 35.6 Å². The van der Waals surface area contributed by atoms with Crippen molar-refractivity contribution in [2.24, 2.45) is 0 Å². The number of methoxy groups -OCH3 is 1. The Morgan fingerprint density at radius 3 is 2.58 bits per heavy atom. The predicted octanol–water partition coefficient (Wildman–Crippen LogP) is 5.30. The van der Waals surface area contributed by atoms with Gasteiger partial charge in [-0.1, -0.05) is 12.1 Å². The number of aliphatic hydroxyl groups excluding tert-OH is 1. The summed E-state index contributed by atoms with van der Waals surface area (Å²) in [4.78, 5) is 25.5. The van der Waals surface area contributed by atoms with Crippen molar-refractivity contribution in [2.75, 3.05) is 48.8 Å². The fourth-order valence-corrected chi connectivity index (χ4v) is 6.89. The van der Waals surface area contributed by atoms with Gasteiger partial charge >= 0.3 is 6.18 Å². The molecule has 0 unspecified atom stereocenters. The zero-order chi connectivity index (χ0) is 31.9. The Bertz CT molecular complexity index is 1570. The van der Waals surface area contributed by atoms with E-state index in [0.717, 1.165) is 68.5 Å². The van der Waals surface area contributed by atoms with Gasteiger partial charge in [-0.2, -0.15) is 13.2 Å². The molecule has 0 aliphatic carbocycles. The van der Waals surface area contributed by atoms with Crippen LogP contribution in [-0.2, 0) is 29.2 Å². The Labute approximate surface area is 260 Å². The van der Waals surface area contributed by atoms with Gasteiger partial charge in [0.1, 0.15) is 5.75 Å². The summed E-state index contributed by atoms with van der Waals surface area (Å²) < 4.78 is 47.7. The van der Waals surface area contributed by atoms with Gasteiger partial charge in [0.15, 0.2) is 0 Å². The molecule has 0 saturated carbocycles. The molecule has 6 rings (SSSR count). The standard InChI is InChI=1S/C33H39F3N6O3/c1-32(2)29-20(5-4-6-27(29)38-30(32)44)7-9-25-24(33(34,35)36)18-37-31(39-25)40-26-10-8-22(17-28(26)45-3)41-14-11-21(12-15-41)42-16-13-23(43)19-42/h4-6,8,10,17-18,21,23,43H,7,9,11-16,19H2,1-3H3,(H,38,44)(H,37,39,40)/t23-/m0/s1. The maximum Gasteiger partial charge on any atom is 0.419 e. The second kappa shape index (κ2) is 12.1. The molecule has 2 saturated heterocycles. The van der Waals surface area contributed by atoms with E-state index in [1.54, 1.807) is 19.2 Å². The quantitative estimate of drug-likeness (QED) is 0.311. The minimum absolute atomic E-state index is 0.00911. The van der Waals surface area contributed by atoms with Gasteiger partial charge in [-0.3, -0.25) is 9.69 Å². The first kappa shape index (κ1) is 31.1. The fourth-order valence-electron chi connectivity index (χ4n) is 6.89. The lowest BCUT2D eigenvalue weighted by molar-refractivity contribution is -0.138. The minimum Gasteiger partial charge on any atom is -0.494 e. The number of amides is 1. The van der Waals surface area contributed by atoms with Gasteiger partial charge in [0.25, 0.3) is 0 Å². The molecule has 9 nitrogen and oxygen atoms in total. The second-order valence-corrected chi connectivity index (χ2v) is 12.6. The molecule has 0 spiro atoms. The summed E-state index contributed by atoms with van der Waals surface area (Å²) in [5.74, 6) is 0.427. The summed E-state index contributed by atoms with van der Waals surface area (Å²) in [6, 6.07) is 11.6. The van der Waals surface area contributed by atoms with Crippen molar-refractivity contribution in [3.8, 4) is 5.75 Å². The monoisotopic (exact) mass is 624 g/mol. The largest absolute Gasteiger partial charge is 0.494 e. The van der Waals surface area contributed by atoms with Crippen molar-refractivity contribution >= 4 is 28.9 Å². The number of halogens is 3. The number of benzene rings is 2. The molecule has 1 amide bonds. The lowest BCUT2D eigenvalue weighted by Gasteiger charge is -2.38. The maximum atomic E-state index is 14.0. The third kappa shape index (κ3) is 6.30. The van der Waals surface area contributed by atoms with Crippen molar-refractivity contribution in [1.29, 1.82) is 0 Å². The SMILES string of the molecule is COc1cc(N2CCC(N3CC[C@H](O)C3)CC2)ccc1Nc1ncc(C(F)(F)F)c(CCc2cccc3c2C(C)(C)C(=O)N3)n1. The van der Waals surface area contributed by atoms with E-state index < -0.39 is 17.2 Å². The van der Waals surface area contributed by atoms with E-state index in [1.165, 1.54) is 0 Å². The molecular weight excluding hydrogens is 585 g/mol. The number of hydrogen-bond donors (Lipinski definition) is 3. The number of piperidine rings is 1. The molecule has 3 aliphatic rings. The van der Waals surface area contributed by atoms with E-state index in [0.29, 0.717) is 23.2 Å². The van der Waals surface area contributed by atoms with Crippen LogP contribution in [0.2, 0.25) is 0 Å². The number of aromatic nitrogens is 2. The molecule has 3 N–H and O–H groups in total. The van der Waals surface area contributed by atoms with E-state index in [1.807, 2.05) is 38.1 Å². The molecule has 12 heteroatoms. The Balaban J connectivity index is 1.18. The second-order valence-electron chi connectivity index (χ2n) is 12.6. The molecule has 2 aromatic carbocycles. The van der Waals surface area contributed by atoms with Crippen LogP contribution < -0.4 is 20.3 Å². The Hall–Kier alpha value is -3.90. The predicted molar refractivity (Wildman–Crippen MR) is 166 cm³/mol. The number of likely N-dealkylation sites (tertiary alicyclic amines) is 1. The van der Waals surface area contributed by atoms with Crippen molar-refractivity contribution in [3.63, 3.8) is 0 Å². The minimum atomic E-state index is -4.62. The molecule has 0 radical (unpaired) electrons. The number of anilines is 4. The zero-order valence-electron chi connectivity index (χ0n) is 25.7. The number of nitrogens with zero attached hydrogens (tertiary/aromatic N) is 4. The van der Waals surface area contributed by atoms with Crippen molar-refractivity contribution in [2.45, 2.75) is 69.7 Å². The van der Waals surface area contributed by atoms with E-state index in [2.05, 4.69) is 30.4 Å². The number of ether oxygens (including phenoxy) is 1. The molecule has 0 bridgehead atoms. The molecule has 240 valence electrons. The molecule has 45 heavy (non-hydrogen) atoms. The summed E-state index contributed by atoms with van der Waals surface area (Å²) in [6.45, 7) is 7.07. The van der Waals surface area contributed by atoms with Crippen LogP contribution >= 0.6 is 0 Å². The Morgan fingerprint density at radius 2 is 1.89 bits per heavy atom. The van der Waals surface area contributed by atoms with Crippen LogP contribution in [0.25, 0.3) is 0 Å². The van der Waals surface area contributed by atoms with Gasteiger partial charge in [-0.15, -0.1) is 0 Å². The summed E-state index contributed by atoms with van der Waals surface area (Å²) in [5, 5.41) is 15.8. The van der Waals surface area contributed by atoms with Crippen LogP contribution in [-0.4, -0.2) is 71.3 Å². The number of aryl methyl sites for hydroxylation is 2. The van der Waals surface area contributed by atoms with Crippen LogP contribution in [0, 0.1) is 0 Å². The number of nitrogens with one attached hydrogen (secondary N) is 2. The zero-order valence-corrected chi connectivity index (χ0v) is 25.7. The third-order valence-corrected chi connectivity index (χ3v) is 9.37. The first-order chi connectivity index (χ1) is 21.4. The number of rotatable bonds is 8. The highest BCUT2D eigenvalue weighted by molar-refractivity contribution is 6.06. The molecule has 1 atom stereocenters. The van der Waals surface area contributed by atoms with Crippen molar-refractivity contribution in [1.82, 2.24) is 14.9 Å². The summed E-state index contributed by atoms with van der Waals surface area (Å²) in [6.07, 6.45) is -0.893. The number of β-amino-alcohol motifs (C(OH)–C–C–N with tert-alkyl or cyclic N) is 1. The summed E-state index contributed by atoms with van der Waals surface area (Å²) >= 11 is 0. The van der Waals surface area contributed by atoms with E-state index >= 15 is 0 Å². The van der Waals surface area contributed by atoms with E-state index in [4.69, 9.17) is 4.74 Å². The van der Waals surface area contributed by atoms with Gasteiger partial charge in [-0.05, 0) is 75.3 Å². The van der Waals surface area contributed by atoms with Crippen molar-refractivity contribution < 1.29 is 27.8 Å². The average molecular weight is 625 g/mol. The lowest BCUT2D eigenvalue weighted by Crippen LogP contribution is -2.44. The molecule has 4 heterocycles. The van der Waals surface area contributed by atoms with Crippen LogP contribution in [0.5, 0.6) is 5.75 Å². The lowest BCUT2D eigenvalue weighted by atomic mass is 9.82. The maximum absolute atomic E-state index is 14.0. The van der Waals surface area contributed by atoms with E-state index in [9.17, 15) is 23.1 Å². The normalized spacial score (nSPS) is 20.3.